The van der Waals surface area contributed by atoms with Crippen LogP contribution in [0.4, 0.5) is 16.0 Å². The number of hydrogen-bond acceptors (Lipinski definition) is 14. The number of amides is 2. The molecule has 3 aliphatic heterocycles. The number of aromatic nitrogens is 6. The number of phenolic OH excluding ortho intramolecular Hbond substituents is 1. The summed E-state index contributed by atoms with van der Waals surface area (Å²) in [4.78, 5) is 55.7. The predicted molar refractivity (Wildman–Crippen MR) is 298 cm³/mol. The van der Waals surface area contributed by atoms with Crippen molar-refractivity contribution in [2.75, 3.05) is 42.5 Å². The maximum absolute atomic E-state index is 14.4. The van der Waals surface area contributed by atoms with Crippen molar-refractivity contribution in [3.8, 4) is 33.9 Å². The van der Waals surface area contributed by atoms with E-state index in [9.17, 15) is 24.2 Å². The number of hydroxylamine groups is 1. The molecule has 5 atom stereocenters. The van der Waals surface area contributed by atoms with E-state index in [2.05, 4.69) is 66.8 Å². The van der Waals surface area contributed by atoms with E-state index in [1.54, 1.807) is 54.6 Å². The average molecular weight is 1090 g/mol. The number of piperidine rings is 1. The topological polar surface area (TPSA) is 202 Å². The molecular weight excluding hydrogens is 1030 g/mol. The standard InChI is InChI=1S/C60H67ClFN11O6/c1-5-40-32-71(50-30-63-56-46(50)23-48(66-67-56)45-11-7-9-13-51(45)75)31-35(4)73(40)59-64-28-39(29-65-59)36-18-20-70(21-19-36)41-26-60(27-41)24-38(25-60)54-53(61)55(79-68-54)52(34(2)3)58(77)72-33-42(74)22-49(72)57(76)69-78-43-16-14-37(15-17-43)44-10-6-8-12-47(44)62/h6-17,23,28-30,34-36,38,40-42,49,52,74-75H,5,18-22,24-27,31-33H2,1-4H3,(H,63,67)(H,69,76)/t35?,38-,40?,41-,42-,49+,52-,60?/m1/s1. The lowest BCUT2D eigenvalue weighted by Crippen LogP contribution is -2.58. The maximum atomic E-state index is 14.4. The molecular formula is C60H67ClFN11O6. The van der Waals surface area contributed by atoms with Gasteiger partial charge >= 0.3 is 0 Å². The lowest BCUT2D eigenvalue weighted by molar-refractivity contribution is -0.143. The lowest BCUT2D eigenvalue weighted by atomic mass is 9.49. The van der Waals surface area contributed by atoms with Crippen LogP contribution in [0, 0.1) is 17.2 Å². The molecule has 0 bridgehead atoms. The first-order chi connectivity index (χ1) is 38.2. The van der Waals surface area contributed by atoms with Crippen LogP contribution < -0.4 is 20.1 Å². The molecule has 0 radical (unpaired) electrons. The Morgan fingerprint density at radius 2 is 1.66 bits per heavy atom. The summed E-state index contributed by atoms with van der Waals surface area (Å²) < 4.78 is 20.3. The van der Waals surface area contributed by atoms with Crippen LogP contribution in [0.5, 0.6) is 11.5 Å². The van der Waals surface area contributed by atoms with Gasteiger partial charge in [0.05, 0.1) is 17.5 Å². The van der Waals surface area contributed by atoms with Gasteiger partial charge in [-0.3, -0.25) is 9.59 Å². The number of benzene rings is 3. The Morgan fingerprint density at radius 1 is 0.937 bits per heavy atom. The molecule has 2 amide bonds. The van der Waals surface area contributed by atoms with Gasteiger partial charge in [-0.1, -0.05) is 80.0 Å². The van der Waals surface area contributed by atoms with Crippen LogP contribution in [0.3, 0.4) is 0 Å². The van der Waals surface area contributed by atoms with Gasteiger partial charge < -0.3 is 44.2 Å². The van der Waals surface area contributed by atoms with Crippen LogP contribution in [0.15, 0.2) is 102 Å². The van der Waals surface area contributed by atoms with E-state index < -0.39 is 24.0 Å². The first kappa shape index (κ1) is 52.5. The molecule has 79 heavy (non-hydrogen) atoms. The number of carbonyl (C=O) groups excluding carboxylic acids is 2. The third-order valence-corrected chi connectivity index (χ3v) is 18.1. The third kappa shape index (κ3) is 10.0. The second-order valence-corrected chi connectivity index (χ2v) is 23.5. The molecule has 7 aromatic rings. The van der Waals surface area contributed by atoms with E-state index in [1.165, 1.54) is 16.5 Å². The molecule has 412 valence electrons. The Hall–Kier alpha value is -7.15. The van der Waals surface area contributed by atoms with Crippen molar-refractivity contribution in [3.05, 3.63) is 125 Å². The van der Waals surface area contributed by atoms with E-state index in [4.69, 9.17) is 30.9 Å². The van der Waals surface area contributed by atoms with Gasteiger partial charge in [-0.25, -0.2) is 14.4 Å². The van der Waals surface area contributed by atoms with Crippen molar-refractivity contribution in [2.24, 2.45) is 11.3 Å². The summed E-state index contributed by atoms with van der Waals surface area (Å²) in [7, 11) is 0. The number of carbonyl (C=O) groups is 2. The molecule has 19 heteroatoms. The fraction of sp³-hybridized carbons (Fsp3) is 0.450. The number of hydrogen-bond donors (Lipinski definition) is 4. The van der Waals surface area contributed by atoms with Crippen molar-refractivity contribution in [1.29, 1.82) is 0 Å². The number of H-pyrrole nitrogens is 1. The van der Waals surface area contributed by atoms with E-state index in [-0.39, 0.29) is 65.5 Å². The summed E-state index contributed by atoms with van der Waals surface area (Å²) in [5.74, 6) is -0.268. The number of nitrogens with zero attached hydrogens (tertiary/aromatic N) is 9. The number of aromatic amines is 1. The Bertz CT molecular complexity index is 3330. The van der Waals surface area contributed by atoms with Crippen molar-refractivity contribution in [1.82, 2.24) is 45.6 Å². The van der Waals surface area contributed by atoms with Crippen molar-refractivity contribution >= 4 is 46.1 Å². The second kappa shape index (κ2) is 21.5. The molecule has 3 saturated heterocycles. The van der Waals surface area contributed by atoms with Crippen LogP contribution in [-0.4, -0.2) is 125 Å². The molecule has 3 aromatic carbocycles. The third-order valence-electron chi connectivity index (χ3n) is 17.8. The Labute approximate surface area is 463 Å². The number of β-amino-alcohol motifs (C(OH)–C–C–N with tert-alkyl or cyclic N) is 1. The van der Waals surface area contributed by atoms with E-state index in [1.807, 2.05) is 38.2 Å². The van der Waals surface area contributed by atoms with Gasteiger partial charge in [0.2, 0.25) is 11.9 Å². The number of anilines is 2. The first-order valence-electron chi connectivity index (χ1n) is 27.9. The molecule has 2 unspecified atom stereocenters. The summed E-state index contributed by atoms with van der Waals surface area (Å²) in [6.07, 6.45) is 12.5. The monoisotopic (exact) mass is 1090 g/mol. The van der Waals surface area contributed by atoms with Crippen LogP contribution in [0.1, 0.15) is 114 Å². The molecule has 2 aliphatic carbocycles. The predicted octanol–water partition coefficient (Wildman–Crippen LogP) is 9.78. The SMILES string of the molecule is CCC1CN(c2c[nH]c3nnc(-c4ccccc4O)cc23)CC(C)N1c1ncc(C2CCN([C@H]3CC4(C[C@H](c5noc([C@H](C(=O)N6C[C@H](O)C[C@H]6C(=O)NOc6ccc(-c7ccccc7F)cc6)C(C)C)c5Cl)C4)C3)CC2)cn1. The van der Waals surface area contributed by atoms with Gasteiger partial charge in [-0.05, 0) is 130 Å². The lowest BCUT2D eigenvalue weighted by Gasteiger charge is -2.60. The highest BCUT2D eigenvalue weighted by Crippen LogP contribution is 2.64. The zero-order valence-corrected chi connectivity index (χ0v) is 45.7. The molecule has 5 fully saturated rings. The number of nitrogens with one attached hydrogen (secondary N) is 2. The maximum Gasteiger partial charge on any atom is 0.275 e. The highest BCUT2D eigenvalue weighted by Gasteiger charge is 2.56. The number of halogens is 2. The van der Waals surface area contributed by atoms with E-state index >= 15 is 0 Å². The Morgan fingerprint density at radius 3 is 2.37 bits per heavy atom. The quantitative estimate of drug-likeness (QED) is 0.0750. The molecule has 17 nitrogen and oxygen atoms in total. The normalized spacial score (nSPS) is 24.9. The van der Waals surface area contributed by atoms with Crippen molar-refractivity contribution in [3.63, 3.8) is 0 Å². The van der Waals surface area contributed by atoms with E-state index in [0.717, 1.165) is 88.1 Å². The first-order valence-corrected chi connectivity index (χ1v) is 28.3. The van der Waals surface area contributed by atoms with Crippen LogP contribution in [0.2, 0.25) is 5.02 Å². The second-order valence-electron chi connectivity index (χ2n) is 23.1. The number of para-hydroxylation sites is 1. The fourth-order valence-electron chi connectivity index (χ4n) is 13.6. The number of fused-ring (bicyclic) bond motifs is 1. The largest absolute Gasteiger partial charge is 0.507 e. The molecule has 2 saturated carbocycles. The summed E-state index contributed by atoms with van der Waals surface area (Å²) in [5.41, 5.74) is 8.76. The Kier molecular flexibility index (Phi) is 14.3. The van der Waals surface area contributed by atoms with Gasteiger partial charge in [0.25, 0.3) is 5.91 Å². The number of phenols is 1. The summed E-state index contributed by atoms with van der Waals surface area (Å²) in [5, 5.41) is 35.9. The summed E-state index contributed by atoms with van der Waals surface area (Å²) >= 11 is 7.10. The van der Waals surface area contributed by atoms with Gasteiger partial charge in [0.1, 0.15) is 34.2 Å². The number of aliphatic hydroxyl groups is 1. The van der Waals surface area contributed by atoms with E-state index in [0.29, 0.717) is 56.5 Å². The molecule has 1 spiro atoms. The Balaban J connectivity index is 0.616. The van der Waals surface area contributed by atoms with Crippen LogP contribution in [-0.2, 0) is 9.59 Å². The molecule has 7 heterocycles. The highest BCUT2D eigenvalue weighted by atomic mass is 35.5. The highest BCUT2D eigenvalue weighted by molar-refractivity contribution is 6.32. The zero-order chi connectivity index (χ0) is 54.7. The van der Waals surface area contributed by atoms with Crippen LogP contribution in [0.25, 0.3) is 33.4 Å². The van der Waals surface area contributed by atoms with Crippen molar-refractivity contribution < 1.29 is 33.6 Å². The minimum Gasteiger partial charge on any atom is -0.507 e. The summed E-state index contributed by atoms with van der Waals surface area (Å²) in [6, 6.07) is 22.2. The number of aromatic hydroxyl groups is 1. The minimum atomic E-state index is -0.992. The van der Waals surface area contributed by atoms with Gasteiger partial charge in [-0.15, -0.1) is 10.2 Å². The minimum absolute atomic E-state index is 0.0300. The summed E-state index contributed by atoms with van der Waals surface area (Å²) in [6.45, 7) is 11.9. The molecule has 4 N–H and O–H groups in total. The van der Waals surface area contributed by atoms with Crippen molar-refractivity contribution in [2.45, 2.75) is 127 Å². The van der Waals surface area contributed by atoms with Crippen LogP contribution >= 0.6 is 11.6 Å². The average Bonchev–Trinajstić information content (AvgIpc) is 4.31. The fourth-order valence-corrected chi connectivity index (χ4v) is 13.9. The van der Waals surface area contributed by atoms with Gasteiger partial charge in [0, 0.05) is 85.2 Å². The zero-order valence-electron chi connectivity index (χ0n) is 44.9. The molecule has 4 aromatic heterocycles. The number of rotatable bonds is 14. The molecule has 5 aliphatic rings. The number of piperazine rings is 1. The number of aliphatic hydroxyl groups excluding tert-OH is 1. The number of likely N-dealkylation sites (tertiary alicyclic amines) is 2. The smallest absolute Gasteiger partial charge is 0.275 e. The van der Waals surface area contributed by atoms with Gasteiger partial charge in [0.15, 0.2) is 17.2 Å². The molecule has 12 rings (SSSR count). The van der Waals surface area contributed by atoms with Gasteiger partial charge in [-0.2, -0.15) is 5.48 Å².